The summed E-state index contributed by atoms with van der Waals surface area (Å²) in [6.45, 7) is 4.22. The lowest BCUT2D eigenvalue weighted by Gasteiger charge is -2.23. The first-order chi connectivity index (χ1) is 17.0. The van der Waals surface area contributed by atoms with Gasteiger partial charge < -0.3 is 10.2 Å². The molecule has 2 saturated heterocycles. The Morgan fingerprint density at radius 2 is 1.63 bits per heavy atom. The zero-order chi connectivity index (χ0) is 24.8. The van der Waals surface area contributed by atoms with Crippen LogP contribution in [-0.2, 0) is 9.59 Å². The van der Waals surface area contributed by atoms with E-state index in [4.69, 9.17) is 0 Å². The predicted molar refractivity (Wildman–Crippen MR) is 145 cm³/mol. The van der Waals surface area contributed by atoms with E-state index in [1.54, 1.807) is 0 Å². The molecule has 1 N–H and O–H groups in total. The fourth-order valence-corrected chi connectivity index (χ4v) is 5.84. The number of benzene rings is 2. The second kappa shape index (κ2) is 12.0. The summed E-state index contributed by atoms with van der Waals surface area (Å²) in [6, 6.07) is 12.7. The molecule has 35 heavy (non-hydrogen) atoms. The van der Waals surface area contributed by atoms with E-state index in [1.807, 2.05) is 41.3 Å². The molecule has 4 heterocycles. The van der Waals surface area contributed by atoms with E-state index >= 15 is 0 Å². The molecule has 0 bridgehead atoms. The third kappa shape index (κ3) is 6.39. The Labute approximate surface area is 220 Å². The third-order valence-electron chi connectivity index (χ3n) is 6.09. The number of fused-ring (bicyclic) bond motifs is 2. The Morgan fingerprint density at radius 1 is 0.943 bits per heavy atom. The number of hydrogen-bond donors (Lipinski definition) is 1. The number of rotatable bonds is 3. The van der Waals surface area contributed by atoms with Crippen LogP contribution in [0.4, 0.5) is 5.69 Å². The normalized spacial score (nSPS) is 19.3. The zero-order valence-corrected chi connectivity index (χ0v) is 22.8. The molecule has 2 aliphatic heterocycles. The minimum Gasteiger partial charge on any atom is -0.353 e. The van der Waals surface area contributed by atoms with Crippen molar-refractivity contribution in [3.63, 3.8) is 0 Å². The van der Waals surface area contributed by atoms with Crippen LogP contribution in [-0.4, -0.2) is 43.1 Å². The van der Waals surface area contributed by atoms with Crippen LogP contribution in [0.2, 0.25) is 0 Å². The molecule has 0 unspecified atom stereocenters. The van der Waals surface area contributed by atoms with Crippen LogP contribution in [0.3, 0.4) is 0 Å². The molecule has 11 heteroatoms. The molecule has 0 aliphatic carbocycles. The van der Waals surface area contributed by atoms with Crippen molar-refractivity contribution in [1.29, 1.82) is 0 Å². The van der Waals surface area contributed by atoms with Gasteiger partial charge in [-0.05, 0) is 85.1 Å². The van der Waals surface area contributed by atoms with Gasteiger partial charge in [0.25, 0.3) is 0 Å². The maximum atomic E-state index is 11.9. The van der Waals surface area contributed by atoms with Gasteiger partial charge in [0.2, 0.25) is 11.8 Å². The van der Waals surface area contributed by atoms with Gasteiger partial charge in [0.15, 0.2) is 0 Å². The number of halogens is 1. The number of hydrogen-bond acceptors (Lipinski definition) is 8. The monoisotopic (exact) mass is 574 g/mol. The molecule has 4 aromatic rings. The summed E-state index contributed by atoms with van der Waals surface area (Å²) in [5.74, 6) is 0.450. The van der Waals surface area contributed by atoms with Crippen molar-refractivity contribution in [2.24, 2.45) is 0 Å². The molecule has 2 amide bonds. The van der Waals surface area contributed by atoms with Crippen molar-refractivity contribution in [3.8, 4) is 0 Å². The summed E-state index contributed by atoms with van der Waals surface area (Å²) in [4.78, 5) is 24.3. The first-order valence-electron chi connectivity index (χ1n) is 11.7. The lowest BCUT2D eigenvalue weighted by atomic mass is 10.1. The van der Waals surface area contributed by atoms with E-state index in [2.05, 4.69) is 54.3 Å². The van der Waals surface area contributed by atoms with Crippen LogP contribution in [0.5, 0.6) is 0 Å². The SMILES string of the molecule is Brc1ccc2nnsc2c1.CC[C@H]1CCC(=O)N1.CC[C@H]1CCC(=O)N1c1ccc2nnsc2c1. The Morgan fingerprint density at radius 3 is 2.23 bits per heavy atom. The summed E-state index contributed by atoms with van der Waals surface area (Å²) >= 11 is 6.15. The van der Waals surface area contributed by atoms with E-state index in [-0.39, 0.29) is 11.8 Å². The number of aromatic nitrogens is 4. The molecular formula is C24H27BrN6O2S2. The van der Waals surface area contributed by atoms with Crippen molar-refractivity contribution < 1.29 is 9.59 Å². The predicted octanol–water partition coefficient (Wildman–Crippen LogP) is 5.73. The molecule has 2 aromatic carbocycles. The van der Waals surface area contributed by atoms with E-state index in [9.17, 15) is 9.59 Å². The van der Waals surface area contributed by atoms with Gasteiger partial charge in [-0.15, -0.1) is 10.2 Å². The quantitative estimate of drug-likeness (QED) is 0.335. The van der Waals surface area contributed by atoms with E-state index < -0.39 is 0 Å². The molecule has 184 valence electrons. The molecule has 8 nitrogen and oxygen atoms in total. The third-order valence-corrected chi connectivity index (χ3v) is 7.96. The highest BCUT2D eigenvalue weighted by Gasteiger charge is 2.30. The Bertz CT molecular complexity index is 1310. The summed E-state index contributed by atoms with van der Waals surface area (Å²) in [5.41, 5.74) is 2.85. The van der Waals surface area contributed by atoms with Gasteiger partial charge >= 0.3 is 0 Å². The summed E-state index contributed by atoms with van der Waals surface area (Å²) in [7, 11) is 0. The van der Waals surface area contributed by atoms with Gasteiger partial charge in [-0.2, -0.15) is 0 Å². The van der Waals surface area contributed by atoms with Crippen molar-refractivity contribution >= 4 is 76.9 Å². The van der Waals surface area contributed by atoms with Gasteiger partial charge in [-0.25, -0.2) is 0 Å². The molecular weight excluding hydrogens is 548 g/mol. The standard InChI is InChI=1S/C12H13N3OS.C6H3BrN2S.C6H11NO/c1-2-8-4-6-12(16)15(8)9-3-5-10-11(7-9)17-14-13-10;7-4-1-2-5-6(3-4)10-9-8-5;1-2-5-3-4-6(8)7-5/h3,5,7-8H,2,4,6H2,1H3;1-3H;5H,2-4H2,1H3,(H,7,8)/t8-;;5-/m0.0/s1. The van der Waals surface area contributed by atoms with Crippen LogP contribution in [0, 0.1) is 0 Å². The van der Waals surface area contributed by atoms with Crippen LogP contribution in [0.1, 0.15) is 52.4 Å². The molecule has 2 atom stereocenters. The van der Waals surface area contributed by atoms with Gasteiger partial charge in [-0.1, -0.05) is 38.8 Å². The van der Waals surface area contributed by atoms with Crippen molar-refractivity contribution in [1.82, 2.24) is 24.5 Å². The molecule has 6 rings (SSSR count). The van der Waals surface area contributed by atoms with Crippen LogP contribution < -0.4 is 10.2 Å². The minimum absolute atomic E-state index is 0.219. The molecule has 2 fully saturated rings. The van der Waals surface area contributed by atoms with Crippen LogP contribution >= 0.6 is 39.0 Å². The highest BCUT2D eigenvalue weighted by atomic mass is 79.9. The maximum absolute atomic E-state index is 11.9. The summed E-state index contributed by atoms with van der Waals surface area (Å²) in [6.07, 6.45) is 5.48. The maximum Gasteiger partial charge on any atom is 0.227 e. The topological polar surface area (TPSA) is 101 Å². The number of nitrogens with one attached hydrogen (secondary N) is 1. The molecule has 2 aliphatic rings. The fraction of sp³-hybridized carbons (Fsp3) is 0.417. The van der Waals surface area contributed by atoms with Gasteiger partial charge in [0, 0.05) is 35.1 Å². The zero-order valence-electron chi connectivity index (χ0n) is 19.6. The molecule has 2 aromatic heterocycles. The first kappa shape index (κ1) is 25.6. The van der Waals surface area contributed by atoms with E-state index in [1.165, 1.54) is 23.1 Å². The lowest BCUT2D eigenvalue weighted by Crippen LogP contribution is -2.32. The number of carbonyl (C=O) groups excluding carboxylic acids is 2. The van der Waals surface area contributed by atoms with Gasteiger partial charge in [0.05, 0.1) is 9.40 Å². The highest BCUT2D eigenvalue weighted by molar-refractivity contribution is 9.10. The minimum atomic E-state index is 0.219. The summed E-state index contributed by atoms with van der Waals surface area (Å²) < 4.78 is 11.0. The lowest BCUT2D eigenvalue weighted by molar-refractivity contribution is -0.119. The number of nitrogens with zero attached hydrogens (tertiary/aromatic N) is 5. The summed E-state index contributed by atoms with van der Waals surface area (Å²) in [5, 5.41) is 10.8. The van der Waals surface area contributed by atoms with E-state index in [0.29, 0.717) is 18.5 Å². The average Bonchev–Trinajstić information content (AvgIpc) is 3.66. The molecule has 0 radical (unpaired) electrons. The van der Waals surface area contributed by atoms with Crippen LogP contribution in [0.15, 0.2) is 40.9 Å². The highest BCUT2D eigenvalue weighted by Crippen LogP contribution is 2.31. The van der Waals surface area contributed by atoms with Gasteiger partial charge in [0.1, 0.15) is 11.0 Å². The Balaban J connectivity index is 0.000000136. The smallest absolute Gasteiger partial charge is 0.227 e. The average molecular weight is 576 g/mol. The Hall–Kier alpha value is -2.50. The Kier molecular flexibility index (Phi) is 8.74. The second-order valence-corrected chi connectivity index (χ2v) is 10.9. The van der Waals surface area contributed by atoms with Gasteiger partial charge in [-0.3, -0.25) is 9.59 Å². The first-order valence-corrected chi connectivity index (χ1v) is 14.0. The number of amides is 2. The van der Waals surface area contributed by atoms with E-state index in [0.717, 1.165) is 62.7 Å². The molecule has 0 spiro atoms. The fourth-order valence-electron chi connectivity index (χ4n) is 4.14. The number of carbonyl (C=O) groups is 2. The van der Waals surface area contributed by atoms with Crippen molar-refractivity contribution in [2.45, 2.75) is 64.5 Å². The van der Waals surface area contributed by atoms with Crippen molar-refractivity contribution in [3.05, 3.63) is 40.9 Å². The van der Waals surface area contributed by atoms with Crippen LogP contribution in [0.25, 0.3) is 20.4 Å². The second-order valence-electron chi connectivity index (χ2n) is 8.39. The van der Waals surface area contributed by atoms with Crippen molar-refractivity contribution in [2.75, 3.05) is 4.90 Å². The largest absolute Gasteiger partial charge is 0.353 e. The number of anilines is 1. The molecule has 0 saturated carbocycles.